The first kappa shape index (κ1) is 15.7. The molecule has 1 N–H and O–H groups in total. The molecule has 22 heavy (non-hydrogen) atoms. The molecule has 116 valence electrons. The highest BCUT2D eigenvalue weighted by atomic mass is 16.6. The second kappa shape index (κ2) is 6.38. The minimum Gasteiger partial charge on any atom is -0.443 e. The van der Waals surface area contributed by atoms with E-state index in [9.17, 15) is 4.79 Å². The predicted molar refractivity (Wildman–Crippen MR) is 82.9 cm³/mol. The molecule has 7 heteroatoms. The van der Waals surface area contributed by atoms with E-state index in [-0.39, 0.29) is 0 Å². The highest BCUT2D eigenvalue weighted by molar-refractivity contribution is 5.99. The van der Waals surface area contributed by atoms with E-state index in [1.165, 1.54) is 6.33 Å². The lowest BCUT2D eigenvalue weighted by Gasteiger charge is -2.18. The summed E-state index contributed by atoms with van der Waals surface area (Å²) in [7, 11) is 0. The van der Waals surface area contributed by atoms with E-state index in [1.54, 1.807) is 31.8 Å². The Morgan fingerprint density at radius 1 is 1.27 bits per heavy atom. The molecule has 0 atom stereocenters. The maximum absolute atomic E-state index is 11.5. The third-order valence-corrected chi connectivity index (χ3v) is 2.68. The highest BCUT2D eigenvalue weighted by Gasteiger charge is 2.15. The smallest absolute Gasteiger partial charge is 0.428 e. The maximum Gasteiger partial charge on any atom is 0.428 e. The molecule has 1 aromatic heterocycles. The summed E-state index contributed by atoms with van der Waals surface area (Å²) >= 11 is 0. The lowest BCUT2D eigenvalue weighted by molar-refractivity contribution is 0.0529. The molecule has 1 amide bonds. The van der Waals surface area contributed by atoms with Crippen LogP contribution in [0, 0.1) is 0 Å². The van der Waals surface area contributed by atoms with Crippen molar-refractivity contribution in [3.63, 3.8) is 0 Å². The molecule has 0 aliphatic heterocycles. The molecule has 0 spiro atoms. The first-order valence-corrected chi connectivity index (χ1v) is 6.84. The standard InChI is InChI=1S/C15H19N5O2/c1-11(18-19-14(21)22-15(2,3)4)12-5-7-13(8-6-12)20-10-16-9-17-20/h5-10H,1-4H3,(H,19,21)/b18-11+. The molecule has 0 aliphatic rings. The lowest BCUT2D eigenvalue weighted by atomic mass is 10.1. The fourth-order valence-electron chi connectivity index (χ4n) is 1.69. The van der Waals surface area contributed by atoms with Gasteiger partial charge < -0.3 is 4.74 Å². The molecule has 1 heterocycles. The number of amides is 1. The van der Waals surface area contributed by atoms with E-state index in [0.29, 0.717) is 5.71 Å². The molecule has 0 saturated heterocycles. The number of hydrogen-bond acceptors (Lipinski definition) is 5. The maximum atomic E-state index is 11.5. The van der Waals surface area contributed by atoms with Crippen molar-refractivity contribution in [3.05, 3.63) is 42.5 Å². The Morgan fingerprint density at radius 3 is 2.50 bits per heavy atom. The molecule has 2 aromatic rings. The van der Waals surface area contributed by atoms with Crippen LogP contribution in [0.3, 0.4) is 0 Å². The van der Waals surface area contributed by atoms with Gasteiger partial charge in [0.2, 0.25) is 0 Å². The third kappa shape index (κ3) is 4.41. The predicted octanol–water partition coefficient (Wildman–Crippen LogP) is 2.52. The van der Waals surface area contributed by atoms with E-state index < -0.39 is 11.7 Å². The van der Waals surface area contributed by atoms with Gasteiger partial charge in [-0.1, -0.05) is 12.1 Å². The number of aromatic nitrogens is 3. The molecule has 0 fully saturated rings. The molecule has 0 unspecified atom stereocenters. The topological polar surface area (TPSA) is 81.4 Å². The van der Waals surface area contributed by atoms with E-state index in [4.69, 9.17) is 4.74 Å². The van der Waals surface area contributed by atoms with Crippen LogP contribution in [0.15, 0.2) is 42.0 Å². The molecule has 0 bridgehead atoms. The summed E-state index contributed by atoms with van der Waals surface area (Å²) in [5.41, 5.74) is 4.29. The molecular weight excluding hydrogens is 282 g/mol. The van der Waals surface area contributed by atoms with Crippen molar-refractivity contribution in [1.29, 1.82) is 0 Å². The fraction of sp³-hybridized carbons (Fsp3) is 0.333. The van der Waals surface area contributed by atoms with Gasteiger partial charge in [-0.15, -0.1) is 0 Å². The summed E-state index contributed by atoms with van der Waals surface area (Å²) in [6, 6.07) is 7.59. The Bertz CT molecular complexity index is 654. The largest absolute Gasteiger partial charge is 0.443 e. The normalized spacial score (nSPS) is 12.1. The lowest BCUT2D eigenvalue weighted by Crippen LogP contribution is -2.30. The third-order valence-electron chi connectivity index (χ3n) is 2.68. The van der Waals surface area contributed by atoms with Gasteiger partial charge >= 0.3 is 6.09 Å². The Balaban J connectivity index is 2.02. The molecule has 7 nitrogen and oxygen atoms in total. The van der Waals surface area contributed by atoms with Gasteiger partial charge in [-0.3, -0.25) is 0 Å². The number of hydrogen-bond donors (Lipinski definition) is 1. The van der Waals surface area contributed by atoms with Crippen molar-refractivity contribution in [2.24, 2.45) is 5.10 Å². The minimum atomic E-state index is -0.578. The summed E-state index contributed by atoms with van der Waals surface area (Å²) in [6.07, 6.45) is 2.52. The number of carbonyl (C=O) groups excluding carboxylic acids is 1. The van der Waals surface area contributed by atoms with Gasteiger partial charge in [-0.25, -0.2) is 19.9 Å². The van der Waals surface area contributed by atoms with Crippen molar-refractivity contribution in [1.82, 2.24) is 20.2 Å². The van der Waals surface area contributed by atoms with Crippen molar-refractivity contribution < 1.29 is 9.53 Å². The van der Waals surface area contributed by atoms with Gasteiger partial charge in [0.05, 0.1) is 11.4 Å². The fourth-order valence-corrected chi connectivity index (χ4v) is 1.69. The molecule has 0 radical (unpaired) electrons. The molecule has 0 aliphatic carbocycles. The van der Waals surface area contributed by atoms with E-state index in [0.717, 1.165) is 11.3 Å². The van der Waals surface area contributed by atoms with Crippen LogP contribution in [0.25, 0.3) is 5.69 Å². The molecule has 0 saturated carbocycles. The van der Waals surface area contributed by atoms with E-state index >= 15 is 0 Å². The van der Waals surface area contributed by atoms with Crippen molar-refractivity contribution >= 4 is 11.8 Å². The molecule has 1 aromatic carbocycles. The van der Waals surface area contributed by atoms with Crippen LogP contribution in [0.5, 0.6) is 0 Å². The summed E-state index contributed by atoms with van der Waals surface area (Å²) in [5.74, 6) is 0. The first-order valence-electron chi connectivity index (χ1n) is 6.84. The monoisotopic (exact) mass is 301 g/mol. The Morgan fingerprint density at radius 2 is 1.95 bits per heavy atom. The average Bonchev–Trinajstić information content (AvgIpc) is 2.97. The van der Waals surface area contributed by atoms with Crippen LogP contribution in [-0.4, -0.2) is 32.2 Å². The number of carbonyl (C=O) groups is 1. The number of rotatable bonds is 3. The zero-order valence-electron chi connectivity index (χ0n) is 13.1. The van der Waals surface area contributed by atoms with Gasteiger partial charge in [0.25, 0.3) is 0 Å². The van der Waals surface area contributed by atoms with Crippen LogP contribution in [0.2, 0.25) is 0 Å². The summed E-state index contributed by atoms with van der Waals surface area (Å²) < 4.78 is 6.78. The van der Waals surface area contributed by atoms with Crippen LogP contribution < -0.4 is 5.43 Å². The molecular formula is C15H19N5O2. The quantitative estimate of drug-likeness (QED) is 0.697. The number of nitrogens with zero attached hydrogens (tertiary/aromatic N) is 4. The average molecular weight is 301 g/mol. The number of hydrazone groups is 1. The van der Waals surface area contributed by atoms with Crippen LogP contribution in [0.4, 0.5) is 4.79 Å². The molecule has 2 rings (SSSR count). The number of benzene rings is 1. The zero-order chi connectivity index (χ0) is 16.2. The van der Waals surface area contributed by atoms with Gasteiger partial charge in [0, 0.05) is 0 Å². The second-order valence-corrected chi connectivity index (χ2v) is 5.70. The van der Waals surface area contributed by atoms with Crippen LogP contribution in [0.1, 0.15) is 33.3 Å². The van der Waals surface area contributed by atoms with Crippen molar-refractivity contribution in [3.8, 4) is 5.69 Å². The van der Waals surface area contributed by atoms with Gasteiger partial charge in [0.15, 0.2) is 0 Å². The number of nitrogens with one attached hydrogen (secondary N) is 1. The van der Waals surface area contributed by atoms with Gasteiger partial charge in [-0.05, 0) is 45.4 Å². The van der Waals surface area contributed by atoms with E-state index in [2.05, 4.69) is 20.6 Å². The number of ether oxygens (including phenoxy) is 1. The van der Waals surface area contributed by atoms with Crippen LogP contribution >= 0.6 is 0 Å². The summed E-state index contributed by atoms with van der Waals surface area (Å²) in [6.45, 7) is 7.20. The SMILES string of the molecule is C/C(=N\NC(=O)OC(C)(C)C)c1ccc(-n2cncn2)cc1. The van der Waals surface area contributed by atoms with Crippen LogP contribution in [-0.2, 0) is 4.74 Å². The minimum absolute atomic E-state index is 0.549. The Kier molecular flexibility index (Phi) is 4.55. The highest BCUT2D eigenvalue weighted by Crippen LogP contribution is 2.09. The summed E-state index contributed by atoms with van der Waals surface area (Å²) in [5, 5.41) is 8.08. The summed E-state index contributed by atoms with van der Waals surface area (Å²) in [4.78, 5) is 15.4. The second-order valence-electron chi connectivity index (χ2n) is 5.70. The first-order chi connectivity index (χ1) is 10.3. The van der Waals surface area contributed by atoms with Gasteiger partial charge in [-0.2, -0.15) is 10.2 Å². The Hall–Kier alpha value is -2.70. The van der Waals surface area contributed by atoms with E-state index in [1.807, 2.05) is 31.2 Å². The van der Waals surface area contributed by atoms with Gasteiger partial charge in [0.1, 0.15) is 18.3 Å². The Labute approximate surface area is 129 Å². The van der Waals surface area contributed by atoms with Crippen molar-refractivity contribution in [2.45, 2.75) is 33.3 Å². The van der Waals surface area contributed by atoms with Crippen molar-refractivity contribution in [2.75, 3.05) is 0 Å². The zero-order valence-corrected chi connectivity index (χ0v) is 13.1.